The van der Waals surface area contributed by atoms with Gasteiger partial charge in [-0.25, -0.2) is 8.78 Å². The summed E-state index contributed by atoms with van der Waals surface area (Å²) in [5, 5.41) is 0. The first-order valence-corrected chi connectivity index (χ1v) is 5.55. The molecule has 0 aliphatic carbocycles. The van der Waals surface area contributed by atoms with Gasteiger partial charge < -0.3 is 5.73 Å². The zero-order chi connectivity index (χ0) is 12.5. The van der Waals surface area contributed by atoms with Crippen molar-refractivity contribution in [3.05, 3.63) is 34.9 Å². The van der Waals surface area contributed by atoms with Gasteiger partial charge in [-0.1, -0.05) is 20.8 Å². The van der Waals surface area contributed by atoms with E-state index in [4.69, 9.17) is 5.73 Å². The lowest BCUT2D eigenvalue weighted by Crippen LogP contribution is -2.24. The van der Waals surface area contributed by atoms with Gasteiger partial charge in [0.05, 0.1) is 0 Å². The molecule has 3 heteroatoms. The Bertz CT molecular complexity index is 374. The third-order valence-electron chi connectivity index (χ3n) is 3.26. The zero-order valence-corrected chi connectivity index (χ0v) is 10.2. The molecule has 0 saturated heterocycles. The van der Waals surface area contributed by atoms with Gasteiger partial charge in [0.2, 0.25) is 0 Å². The predicted octanol–water partition coefficient (Wildman–Crippen LogP) is 3.57. The second-order valence-electron chi connectivity index (χ2n) is 4.75. The van der Waals surface area contributed by atoms with Crippen LogP contribution < -0.4 is 5.73 Å². The van der Waals surface area contributed by atoms with Gasteiger partial charge in [-0.3, -0.25) is 0 Å². The quantitative estimate of drug-likeness (QED) is 0.839. The van der Waals surface area contributed by atoms with Crippen molar-refractivity contribution in [2.45, 2.75) is 33.7 Å². The molecular weight excluding hydrogens is 208 g/mol. The average molecular weight is 227 g/mol. The van der Waals surface area contributed by atoms with Crippen LogP contribution in [0.15, 0.2) is 12.1 Å². The molecule has 1 rings (SSSR count). The first-order valence-electron chi connectivity index (χ1n) is 5.55. The van der Waals surface area contributed by atoms with E-state index in [-0.39, 0.29) is 12.0 Å². The Hall–Kier alpha value is -0.960. The second kappa shape index (κ2) is 4.91. The number of halogens is 2. The Labute approximate surface area is 95.7 Å². The largest absolute Gasteiger partial charge is 0.324 e. The summed E-state index contributed by atoms with van der Waals surface area (Å²) >= 11 is 0. The van der Waals surface area contributed by atoms with E-state index < -0.39 is 11.6 Å². The molecule has 90 valence electrons. The number of hydrogen-bond acceptors (Lipinski definition) is 1. The van der Waals surface area contributed by atoms with Crippen LogP contribution in [-0.4, -0.2) is 0 Å². The van der Waals surface area contributed by atoms with Gasteiger partial charge in [0, 0.05) is 17.7 Å². The van der Waals surface area contributed by atoms with E-state index in [0.29, 0.717) is 17.0 Å². The molecule has 0 saturated carbocycles. The van der Waals surface area contributed by atoms with Crippen LogP contribution in [0.25, 0.3) is 0 Å². The van der Waals surface area contributed by atoms with Crippen LogP contribution in [0, 0.1) is 30.4 Å². The Kier molecular flexibility index (Phi) is 4.03. The standard InChI is InChI=1S/C13H19F2N/c1-7(2)9(4)13(16)10-5-8(3)11(14)6-12(10)15/h5-7,9,13H,16H2,1-4H3. The molecule has 1 aromatic carbocycles. The smallest absolute Gasteiger partial charge is 0.130 e. The minimum atomic E-state index is -0.553. The topological polar surface area (TPSA) is 26.0 Å². The number of hydrogen-bond donors (Lipinski definition) is 1. The molecule has 2 unspecified atom stereocenters. The Morgan fingerprint density at radius 3 is 2.12 bits per heavy atom. The van der Waals surface area contributed by atoms with E-state index in [0.717, 1.165) is 6.07 Å². The lowest BCUT2D eigenvalue weighted by molar-refractivity contribution is 0.344. The van der Waals surface area contributed by atoms with Crippen LogP contribution in [0.3, 0.4) is 0 Å². The first-order chi connectivity index (χ1) is 7.34. The Morgan fingerprint density at radius 1 is 1.06 bits per heavy atom. The second-order valence-corrected chi connectivity index (χ2v) is 4.75. The molecule has 16 heavy (non-hydrogen) atoms. The molecular formula is C13H19F2N. The Morgan fingerprint density at radius 2 is 1.62 bits per heavy atom. The van der Waals surface area contributed by atoms with Crippen LogP contribution in [0.1, 0.15) is 37.9 Å². The summed E-state index contributed by atoms with van der Waals surface area (Å²) in [6.45, 7) is 7.68. The molecule has 1 aromatic rings. The van der Waals surface area contributed by atoms with Crippen LogP contribution in [0.4, 0.5) is 8.78 Å². The number of benzene rings is 1. The number of aryl methyl sites for hydroxylation is 1. The minimum absolute atomic E-state index is 0.152. The highest BCUT2D eigenvalue weighted by atomic mass is 19.1. The summed E-state index contributed by atoms with van der Waals surface area (Å²) < 4.78 is 26.7. The van der Waals surface area contributed by atoms with Gasteiger partial charge >= 0.3 is 0 Å². The highest BCUT2D eigenvalue weighted by Crippen LogP contribution is 2.28. The van der Waals surface area contributed by atoms with Crippen LogP contribution in [-0.2, 0) is 0 Å². The SMILES string of the molecule is Cc1cc(C(N)C(C)C(C)C)c(F)cc1F. The third-order valence-corrected chi connectivity index (χ3v) is 3.26. The number of rotatable bonds is 3. The molecule has 0 aromatic heterocycles. The van der Waals surface area contributed by atoms with Gasteiger partial charge in [-0.05, 0) is 30.4 Å². The summed E-state index contributed by atoms with van der Waals surface area (Å²) in [4.78, 5) is 0. The molecule has 0 bridgehead atoms. The average Bonchev–Trinajstić information content (AvgIpc) is 2.21. The highest BCUT2D eigenvalue weighted by molar-refractivity contribution is 5.28. The lowest BCUT2D eigenvalue weighted by atomic mass is 9.86. The molecule has 0 aliphatic heterocycles. The molecule has 2 atom stereocenters. The van der Waals surface area contributed by atoms with Gasteiger partial charge in [-0.2, -0.15) is 0 Å². The van der Waals surface area contributed by atoms with E-state index in [2.05, 4.69) is 0 Å². The molecule has 0 spiro atoms. The molecule has 0 aliphatic rings. The van der Waals surface area contributed by atoms with Crippen molar-refractivity contribution in [3.8, 4) is 0 Å². The van der Waals surface area contributed by atoms with E-state index in [1.807, 2.05) is 20.8 Å². The fourth-order valence-corrected chi connectivity index (χ4v) is 1.63. The normalized spacial score (nSPS) is 15.2. The number of nitrogens with two attached hydrogens (primary N) is 1. The van der Waals surface area contributed by atoms with Crippen molar-refractivity contribution in [1.82, 2.24) is 0 Å². The van der Waals surface area contributed by atoms with Crippen molar-refractivity contribution in [3.63, 3.8) is 0 Å². The van der Waals surface area contributed by atoms with Gasteiger partial charge in [0.1, 0.15) is 11.6 Å². The van der Waals surface area contributed by atoms with Crippen molar-refractivity contribution < 1.29 is 8.78 Å². The zero-order valence-electron chi connectivity index (χ0n) is 10.2. The van der Waals surface area contributed by atoms with Crippen LogP contribution >= 0.6 is 0 Å². The van der Waals surface area contributed by atoms with Crippen LogP contribution in [0.5, 0.6) is 0 Å². The fraction of sp³-hybridized carbons (Fsp3) is 0.538. The van der Waals surface area contributed by atoms with Gasteiger partial charge in [-0.15, -0.1) is 0 Å². The first kappa shape index (κ1) is 13.1. The molecule has 1 nitrogen and oxygen atoms in total. The predicted molar refractivity (Wildman–Crippen MR) is 62.0 cm³/mol. The molecule has 0 fully saturated rings. The van der Waals surface area contributed by atoms with Crippen molar-refractivity contribution >= 4 is 0 Å². The molecule has 0 radical (unpaired) electrons. The Balaban J connectivity index is 3.08. The highest BCUT2D eigenvalue weighted by Gasteiger charge is 2.21. The summed E-state index contributed by atoms with van der Waals surface area (Å²) in [7, 11) is 0. The van der Waals surface area contributed by atoms with E-state index in [9.17, 15) is 8.78 Å². The van der Waals surface area contributed by atoms with E-state index in [1.54, 1.807) is 6.92 Å². The summed E-state index contributed by atoms with van der Waals surface area (Å²) in [6, 6.07) is 2.03. The summed E-state index contributed by atoms with van der Waals surface area (Å²) in [6.07, 6.45) is 0. The van der Waals surface area contributed by atoms with Gasteiger partial charge in [0.25, 0.3) is 0 Å². The third kappa shape index (κ3) is 2.59. The van der Waals surface area contributed by atoms with Gasteiger partial charge in [0.15, 0.2) is 0 Å². The maximum Gasteiger partial charge on any atom is 0.130 e. The summed E-state index contributed by atoms with van der Waals surface area (Å²) in [5.74, 6) is -0.562. The van der Waals surface area contributed by atoms with E-state index >= 15 is 0 Å². The minimum Gasteiger partial charge on any atom is -0.324 e. The molecule has 0 heterocycles. The van der Waals surface area contributed by atoms with Crippen molar-refractivity contribution in [2.24, 2.45) is 17.6 Å². The summed E-state index contributed by atoms with van der Waals surface area (Å²) in [5.41, 5.74) is 6.83. The molecule has 2 N–H and O–H groups in total. The molecule has 0 amide bonds. The van der Waals surface area contributed by atoms with Crippen LogP contribution in [0.2, 0.25) is 0 Å². The monoisotopic (exact) mass is 227 g/mol. The lowest BCUT2D eigenvalue weighted by Gasteiger charge is -2.24. The van der Waals surface area contributed by atoms with Crippen molar-refractivity contribution in [1.29, 1.82) is 0 Å². The van der Waals surface area contributed by atoms with Crippen molar-refractivity contribution in [2.75, 3.05) is 0 Å². The maximum absolute atomic E-state index is 13.6. The van der Waals surface area contributed by atoms with E-state index in [1.165, 1.54) is 6.07 Å². The fourth-order valence-electron chi connectivity index (χ4n) is 1.63. The maximum atomic E-state index is 13.6.